The first-order valence-corrected chi connectivity index (χ1v) is 3.82. The van der Waals surface area contributed by atoms with E-state index in [2.05, 4.69) is 20.9 Å². The summed E-state index contributed by atoms with van der Waals surface area (Å²) in [7, 11) is 0. The molecular weight excluding hydrogens is 217 g/mol. The van der Waals surface area contributed by atoms with Crippen LogP contribution in [0.3, 0.4) is 0 Å². The van der Waals surface area contributed by atoms with Gasteiger partial charge < -0.3 is 5.11 Å². The van der Waals surface area contributed by atoms with Gasteiger partial charge in [-0.2, -0.15) is 0 Å². The number of aliphatic hydroxyl groups is 1. The van der Waals surface area contributed by atoms with E-state index in [9.17, 15) is 0 Å². The number of aromatic nitrogens is 1. The highest BCUT2D eigenvalue weighted by Crippen LogP contribution is 2.18. The van der Waals surface area contributed by atoms with Crippen LogP contribution >= 0.6 is 27.5 Å². The van der Waals surface area contributed by atoms with Gasteiger partial charge >= 0.3 is 0 Å². The number of aliphatic hydroxyl groups excluding tert-OH is 1. The third-order valence-corrected chi connectivity index (χ3v) is 1.85. The molecule has 0 unspecified atom stereocenters. The van der Waals surface area contributed by atoms with Crippen molar-refractivity contribution in [3.05, 3.63) is 27.5 Å². The van der Waals surface area contributed by atoms with Gasteiger partial charge in [-0.1, -0.05) is 11.6 Å². The quantitative estimate of drug-likeness (QED) is 0.737. The fourth-order valence-corrected chi connectivity index (χ4v) is 1.23. The van der Waals surface area contributed by atoms with E-state index in [0.717, 1.165) is 0 Å². The van der Waals surface area contributed by atoms with Gasteiger partial charge in [0.15, 0.2) is 0 Å². The van der Waals surface area contributed by atoms with Crippen molar-refractivity contribution in [2.24, 2.45) is 0 Å². The van der Waals surface area contributed by atoms with Crippen LogP contribution in [0.4, 0.5) is 0 Å². The lowest BCUT2D eigenvalue weighted by Crippen LogP contribution is -1.86. The largest absolute Gasteiger partial charge is 0.392 e. The molecule has 0 saturated carbocycles. The van der Waals surface area contributed by atoms with E-state index in [1.54, 1.807) is 6.07 Å². The number of nitrogens with zero attached hydrogens (tertiary/aromatic N) is 1. The van der Waals surface area contributed by atoms with Crippen LogP contribution in [-0.4, -0.2) is 10.1 Å². The molecule has 2 nitrogen and oxygen atoms in total. The zero-order chi connectivity index (χ0) is 7.56. The van der Waals surface area contributed by atoms with Crippen molar-refractivity contribution in [2.75, 3.05) is 0 Å². The van der Waals surface area contributed by atoms with Gasteiger partial charge in [-0.15, -0.1) is 0 Å². The second-order valence-corrected chi connectivity index (χ2v) is 2.98. The van der Waals surface area contributed by atoms with Crippen molar-refractivity contribution in [1.29, 1.82) is 0 Å². The molecule has 0 aromatic carbocycles. The van der Waals surface area contributed by atoms with E-state index in [1.807, 2.05) is 0 Å². The maximum absolute atomic E-state index is 8.67. The molecule has 1 N–H and O–H groups in total. The fourth-order valence-electron chi connectivity index (χ4n) is 0.552. The van der Waals surface area contributed by atoms with E-state index < -0.39 is 0 Å². The summed E-state index contributed by atoms with van der Waals surface area (Å²) in [6.07, 6.45) is 1.53. The first-order valence-electron chi connectivity index (χ1n) is 2.65. The summed E-state index contributed by atoms with van der Waals surface area (Å²) in [6.45, 7) is -0.0703. The molecule has 1 rings (SSSR count). The molecule has 0 spiro atoms. The highest BCUT2D eigenvalue weighted by molar-refractivity contribution is 9.10. The Kier molecular flexibility index (Phi) is 2.65. The molecule has 0 radical (unpaired) electrons. The molecule has 0 atom stereocenters. The first kappa shape index (κ1) is 7.98. The molecule has 1 heterocycles. The van der Waals surface area contributed by atoms with Crippen LogP contribution in [0, 0.1) is 0 Å². The standard InChI is InChI=1S/C6H5BrClNO/c7-6-1-5(8)4(3-10)2-9-6/h1-2,10H,3H2. The average Bonchev–Trinajstić information content (AvgIpc) is 1.88. The van der Waals surface area contributed by atoms with Crippen molar-refractivity contribution in [3.63, 3.8) is 0 Å². The minimum Gasteiger partial charge on any atom is -0.392 e. The molecule has 0 saturated heterocycles. The summed E-state index contributed by atoms with van der Waals surface area (Å²) >= 11 is 8.85. The van der Waals surface area contributed by atoms with Crippen molar-refractivity contribution >= 4 is 27.5 Å². The third-order valence-electron chi connectivity index (χ3n) is 1.07. The Morgan fingerprint density at radius 2 is 2.40 bits per heavy atom. The lowest BCUT2D eigenvalue weighted by Gasteiger charge is -1.97. The van der Waals surface area contributed by atoms with Crippen LogP contribution in [0.15, 0.2) is 16.9 Å². The molecule has 0 aliphatic rings. The molecule has 1 aromatic heterocycles. The van der Waals surface area contributed by atoms with Crippen LogP contribution in [0.2, 0.25) is 5.02 Å². The van der Waals surface area contributed by atoms with Crippen LogP contribution in [-0.2, 0) is 6.61 Å². The van der Waals surface area contributed by atoms with Crippen LogP contribution in [0.1, 0.15) is 5.56 Å². The minimum atomic E-state index is -0.0703. The third kappa shape index (κ3) is 1.68. The fraction of sp³-hybridized carbons (Fsp3) is 0.167. The molecule has 0 fully saturated rings. The highest BCUT2D eigenvalue weighted by atomic mass is 79.9. The van der Waals surface area contributed by atoms with Gasteiger partial charge in [0.1, 0.15) is 4.60 Å². The van der Waals surface area contributed by atoms with Gasteiger partial charge in [0, 0.05) is 11.8 Å². The second-order valence-electron chi connectivity index (χ2n) is 1.76. The average molecular weight is 222 g/mol. The Morgan fingerprint density at radius 3 is 2.90 bits per heavy atom. The van der Waals surface area contributed by atoms with E-state index in [1.165, 1.54) is 6.20 Å². The minimum absolute atomic E-state index is 0.0703. The molecule has 54 valence electrons. The van der Waals surface area contributed by atoms with Gasteiger partial charge in [-0.3, -0.25) is 0 Å². The molecule has 0 aliphatic carbocycles. The maximum atomic E-state index is 8.67. The van der Waals surface area contributed by atoms with E-state index >= 15 is 0 Å². The Balaban J connectivity index is 3.07. The van der Waals surface area contributed by atoms with Crippen LogP contribution in [0.25, 0.3) is 0 Å². The number of pyridine rings is 1. The molecule has 0 aliphatic heterocycles. The summed E-state index contributed by atoms with van der Waals surface area (Å²) in [5, 5.41) is 9.20. The Labute approximate surface area is 72.0 Å². The van der Waals surface area contributed by atoms with E-state index in [4.69, 9.17) is 16.7 Å². The summed E-state index contributed by atoms with van der Waals surface area (Å²) in [6, 6.07) is 1.65. The lowest BCUT2D eigenvalue weighted by molar-refractivity contribution is 0.281. The number of halogens is 2. The smallest absolute Gasteiger partial charge is 0.107 e. The van der Waals surface area contributed by atoms with Crippen LogP contribution < -0.4 is 0 Å². The number of hydrogen-bond acceptors (Lipinski definition) is 2. The van der Waals surface area contributed by atoms with Crippen molar-refractivity contribution in [3.8, 4) is 0 Å². The number of rotatable bonds is 1. The Bertz CT molecular complexity index is 241. The second kappa shape index (κ2) is 3.32. The molecule has 0 amide bonds. The van der Waals surface area contributed by atoms with Crippen LogP contribution in [0.5, 0.6) is 0 Å². The lowest BCUT2D eigenvalue weighted by atomic mass is 10.3. The van der Waals surface area contributed by atoms with Gasteiger partial charge in [0.2, 0.25) is 0 Å². The van der Waals surface area contributed by atoms with Crippen molar-refractivity contribution < 1.29 is 5.11 Å². The number of hydrogen-bond donors (Lipinski definition) is 1. The zero-order valence-corrected chi connectivity index (χ0v) is 7.35. The van der Waals surface area contributed by atoms with Gasteiger partial charge in [-0.25, -0.2) is 4.98 Å². The van der Waals surface area contributed by atoms with E-state index in [-0.39, 0.29) is 6.61 Å². The summed E-state index contributed by atoms with van der Waals surface area (Å²) < 4.78 is 0.676. The Morgan fingerprint density at radius 1 is 1.70 bits per heavy atom. The SMILES string of the molecule is OCc1cnc(Br)cc1Cl. The monoisotopic (exact) mass is 221 g/mol. The van der Waals surface area contributed by atoms with Crippen molar-refractivity contribution in [1.82, 2.24) is 4.98 Å². The molecule has 4 heteroatoms. The Hall–Kier alpha value is -0.120. The molecule has 10 heavy (non-hydrogen) atoms. The predicted octanol–water partition coefficient (Wildman–Crippen LogP) is 1.99. The maximum Gasteiger partial charge on any atom is 0.107 e. The van der Waals surface area contributed by atoms with Gasteiger partial charge in [0.25, 0.3) is 0 Å². The van der Waals surface area contributed by atoms with Gasteiger partial charge in [-0.05, 0) is 22.0 Å². The van der Waals surface area contributed by atoms with Gasteiger partial charge in [0.05, 0.1) is 11.6 Å². The zero-order valence-electron chi connectivity index (χ0n) is 5.01. The van der Waals surface area contributed by atoms with Crippen molar-refractivity contribution in [2.45, 2.75) is 6.61 Å². The highest BCUT2D eigenvalue weighted by Gasteiger charge is 1.98. The topological polar surface area (TPSA) is 33.1 Å². The normalized spacial score (nSPS) is 9.90. The molecule has 1 aromatic rings. The predicted molar refractivity (Wildman–Crippen MR) is 42.9 cm³/mol. The van der Waals surface area contributed by atoms with E-state index in [0.29, 0.717) is 15.2 Å². The summed E-state index contributed by atoms with van der Waals surface area (Å²) in [5.41, 5.74) is 0.643. The first-order chi connectivity index (χ1) is 4.74. The summed E-state index contributed by atoms with van der Waals surface area (Å²) in [4.78, 5) is 3.88. The molecule has 0 bridgehead atoms. The molecular formula is C6H5BrClNO. The summed E-state index contributed by atoms with van der Waals surface area (Å²) in [5.74, 6) is 0.